The summed E-state index contributed by atoms with van der Waals surface area (Å²) in [6.07, 6.45) is 1.95. The van der Waals surface area contributed by atoms with E-state index in [4.69, 9.17) is 5.73 Å². The summed E-state index contributed by atoms with van der Waals surface area (Å²) in [5.74, 6) is -0.190. The normalized spacial score (nSPS) is 13.9. The highest BCUT2D eigenvalue weighted by Crippen LogP contribution is 2.18. The average molecular weight is 268 g/mol. The van der Waals surface area contributed by atoms with Crippen LogP contribution in [-0.2, 0) is 15.6 Å². The highest BCUT2D eigenvalue weighted by molar-refractivity contribution is 7.86. The number of para-hydroxylation sites is 1. The Balaban J connectivity index is 2.67. The van der Waals surface area contributed by atoms with Crippen LogP contribution in [0, 0.1) is 0 Å². The van der Waals surface area contributed by atoms with Crippen molar-refractivity contribution < 1.29 is 9.00 Å². The van der Waals surface area contributed by atoms with Crippen LogP contribution in [0.3, 0.4) is 0 Å². The second-order valence-corrected chi connectivity index (χ2v) is 5.86. The van der Waals surface area contributed by atoms with E-state index in [1.807, 2.05) is 0 Å². The molecule has 0 saturated carbocycles. The molecular weight excluding hydrogens is 248 g/mol. The van der Waals surface area contributed by atoms with Crippen molar-refractivity contribution >= 4 is 22.4 Å². The SMILES string of the molecule is CCCCNC(=O)C(C)S(=O)c1ccccc1N. The third-order valence-corrected chi connectivity index (χ3v) is 4.32. The number of nitrogen functional groups attached to an aromatic ring is 1. The van der Waals surface area contributed by atoms with Gasteiger partial charge in [0.25, 0.3) is 0 Å². The Labute approximate surface area is 110 Å². The van der Waals surface area contributed by atoms with Gasteiger partial charge in [-0.15, -0.1) is 0 Å². The van der Waals surface area contributed by atoms with E-state index < -0.39 is 16.0 Å². The second-order valence-electron chi connectivity index (χ2n) is 4.12. The minimum Gasteiger partial charge on any atom is -0.398 e. The van der Waals surface area contributed by atoms with E-state index in [1.165, 1.54) is 0 Å². The lowest BCUT2D eigenvalue weighted by Crippen LogP contribution is -2.36. The van der Waals surface area contributed by atoms with Gasteiger partial charge in [-0.25, -0.2) is 0 Å². The monoisotopic (exact) mass is 268 g/mol. The maximum atomic E-state index is 12.2. The summed E-state index contributed by atoms with van der Waals surface area (Å²) < 4.78 is 12.2. The summed E-state index contributed by atoms with van der Waals surface area (Å²) in [6.45, 7) is 4.34. The molecule has 4 nitrogen and oxygen atoms in total. The fourth-order valence-corrected chi connectivity index (χ4v) is 2.66. The van der Waals surface area contributed by atoms with Gasteiger partial charge in [0.1, 0.15) is 5.25 Å². The van der Waals surface area contributed by atoms with Gasteiger partial charge in [0.15, 0.2) is 0 Å². The molecule has 1 aromatic rings. The zero-order chi connectivity index (χ0) is 13.5. The highest BCUT2D eigenvalue weighted by atomic mass is 32.2. The minimum atomic E-state index is -1.41. The van der Waals surface area contributed by atoms with Gasteiger partial charge < -0.3 is 11.1 Å². The van der Waals surface area contributed by atoms with Crippen molar-refractivity contribution in [3.8, 4) is 0 Å². The second kappa shape index (κ2) is 7.16. The molecule has 2 unspecified atom stereocenters. The van der Waals surface area contributed by atoms with Gasteiger partial charge in [-0.2, -0.15) is 0 Å². The van der Waals surface area contributed by atoms with Crippen molar-refractivity contribution in [2.45, 2.75) is 36.8 Å². The van der Waals surface area contributed by atoms with E-state index in [-0.39, 0.29) is 5.91 Å². The molecule has 0 saturated heterocycles. The predicted molar refractivity (Wildman–Crippen MR) is 74.6 cm³/mol. The number of benzene rings is 1. The van der Waals surface area contributed by atoms with Crippen molar-refractivity contribution in [1.29, 1.82) is 0 Å². The molecule has 0 aromatic heterocycles. The van der Waals surface area contributed by atoms with Crippen LogP contribution in [0.15, 0.2) is 29.2 Å². The number of carbonyl (C=O) groups excluding carboxylic acids is 1. The molecule has 0 heterocycles. The number of rotatable bonds is 6. The summed E-state index contributed by atoms with van der Waals surface area (Å²) in [5.41, 5.74) is 6.22. The third kappa shape index (κ3) is 3.84. The standard InChI is InChI=1S/C13H20N2O2S/c1-3-4-9-15-13(16)10(2)18(17)12-8-6-5-7-11(12)14/h5-8,10H,3-4,9,14H2,1-2H3,(H,15,16). The van der Waals surface area contributed by atoms with Crippen LogP contribution in [0.25, 0.3) is 0 Å². The summed E-state index contributed by atoms with van der Waals surface area (Å²) in [5, 5.41) is 2.19. The molecule has 1 aromatic carbocycles. The molecule has 0 bridgehead atoms. The lowest BCUT2D eigenvalue weighted by atomic mass is 10.3. The van der Waals surface area contributed by atoms with Gasteiger partial charge in [-0.05, 0) is 25.5 Å². The van der Waals surface area contributed by atoms with E-state index >= 15 is 0 Å². The summed E-state index contributed by atoms with van der Waals surface area (Å²) in [4.78, 5) is 12.3. The Hall–Kier alpha value is -1.36. The molecule has 5 heteroatoms. The topological polar surface area (TPSA) is 72.2 Å². The van der Waals surface area contributed by atoms with Crippen molar-refractivity contribution in [3.05, 3.63) is 24.3 Å². The number of amides is 1. The molecule has 3 N–H and O–H groups in total. The average Bonchev–Trinajstić information content (AvgIpc) is 2.38. The molecule has 1 rings (SSSR count). The van der Waals surface area contributed by atoms with Crippen LogP contribution >= 0.6 is 0 Å². The van der Waals surface area contributed by atoms with Crippen LogP contribution in [0.1, 0.15) is 26.7 Å². The molecule has 18 heavy (non-hydrogen) atoms. The zero-order valence-electron chi connectivity index (χ0n) is 10.8. The van der Waals surface area contributed by atoms with E-state index in [0.29, 0.717) is 17.1 Å². The molecule has 0 spiro atoms. The van der Waals surface area contributed by atoms with Crippen LogP contribution in [0.4, 0.5) is 5.69 Å². The third-order valence-electron chi connectivity index (χ3n) is 2.66. The highest BCUT2D eigenvalue weighted by Gasteiger charge is 2.22. The largest absolute Gasteiger partial charge is 0.398 e. The van der Waals surface area contributed by atoms with E-state index in [0.717, 1.165) is 12.8 Å². The molecular formula is C13H20N2O2S. The van der Waals surface area contributed by atoms with Gasteiger partial charge in [-0.1, -0.05) is 25.5 Å². The van der Waals surface area contributed by atoms with Gasteiger partial charge in [0.05, 0.1) is 15.7 Å². The Morgan fingerprint density at radius 1 is 1.44 bits per heavy atom. The Morgan fingerprint density at radius 2 is 2.11 bits per heavy atom. The van der Waals surface area contributed by atoms with E-state index in [2.05, 4.69) is 12.2 Å². The lowest BCUT2D eigenvalue weighted by molar-refractivity contribution is -0.120. The van der Waals surface area contributed by atoms with Gasteiger partial charge in [-0.3, -0.25) is 9.00 Å². The van der Waals surface area contributed by atoms with Crippen LogP contribution < -0.4 is 11.1 Å². The van der Waals surface area contributed by atoms with Crippen LogP contribution in [0.2, 0.25) is 0 Å². The minimum absolute atomic E-state index is 0.190. The Kier molecular flexibility index (Phi) is 5.85. The molecule has 0 aliphatic rings. The first-order chi connectivity index (χ1) is 8.57. The Bertz CT molecular complexity index is 435. The molecule has 100 valence electrons. The van der Waals surface area contributed by atoms with Crippen LogP contribution in [-0.4, -0.2) is 21.9 Å². The first-order valence-electron chi connectivity index (χ1n) is 6.10. The summed E-state index contributed by atoms with van der Waals surface area (Å²) >= 11 is 0. The molecule has 0 fully saturated rings. The number of hydrogen-bond donors (Lipinski definition) is 2. The first-order valence-corrected chi connectivity index (χ1v) is 7.32. The lowest BCUT2D eigenvalue weighted by Gasteiger charge is -2.13. The molecule has 2 atom stereocenters. The van der Waals surface area contributed by atoms with E-state index in [9.17, 15) is 9.00 Å². The van der Waals surface area contributed by atoms with Crippen molar-refractivity contribution in [2.75, 3.05) is 12.3 Å². The maximum absolute atomic E-state index is 12.2. The van der Waals surface area contributed by atoms with E-state index in [1.54, 1.807) is 31.2 Å². The number of carbonyl (C=O) groups is 1. The smallest absolute Gasteiger partial charge is 0.235 e. The fourth-order valence-electron chi connectivity index (χ4n) is 1.48. The molecule has 0 radical (unpaired) electrons. The summed E-state index contributed by atoms with van der Waals surface area (Å²) in [6, 6.07) is 6.93. The molecule has 0 aliphatic heterocycles. The van der Waals surface area contributed by atoms with Crippen molar-refractivity contribution in [3.63, 3.8) is 0 Å². The summed E-state index contributed by atoms with van der Waals surface area (Å²) in [7, 11) is -1.41. The predicted octanol–water partition coefficient (Wildman–Crippen LogP) is 1.68. The van der Waals surface area contributed by atoms with Gasteiger partial charge in [0.2, 0.25) is 5.91 Å². The van der Waals surface area contributed by atoms with Crippen molar-refractivity contribution in [1.82, 2.24) is 5.32 Å². The number of anilines is 1. The number of nitrogens with one attached hydrogen (secondary N) is 1. The van der Waals surface area contributed by atoms with Gasteiger partial charge in [0, 0.05) is 12.2 Å². The molecule has 0 aliphatic carbocycles. The first kappa shape index (κ1) is 14.7. The number of unbranched alkanes of at least 4 members (excludes halogenated alkanes) is 1. The Morgan fingerprint density at radius 3 is 2.72 bits per heavy atom. The van der Waals surface area contributed by atoms with Crippen LogP contribution in [0.5, 0.6) is 0 Å². The zero-order valence-corrected chi connectivity index (χ0v) is 11.6. The van der Waals surface area contributed by atoms with Gasteiger partial charge >= 0.3 is 0 Å². The molecule has 1 amide bonds. The quantitative estimate of drug-likeness (QED) is 0.609. The van der Waals surface area contributed by atoms with Crippen molar-refractivity contribution in [2.24, 2.45) is 0 Å². The number of nitrogens with two attached hydrogens (primary N) is 1. The maximum Gasteiger partial charge on any atom is 0.235 e. The number of hydrogen-bond acceptors (Lipinski definition) is 3. The fraction of sp³-hybridized carbons (Fsp3) is 0.462.